The maximum absolute atomic E-state index is 13.2. The molecule has 1 unspecified atom stereocenters. The highest BCUT2D eigenvalue weighted by Crippen LogP contribution is 2.32. The second kappa shape index (κ2) is 7.16. The lowest BCUT2D eigenvalue weighted by Gasteiger charge is -2.21. The van der Waals surface area contributed by atoms with Crippen molar-refractivity contribution < 1.29 is 22.8 Å². The van der Waals surface area contributed by atoms with Crippen molar-refractivity contribution in [1.29, 1.82) is 0 Å². The summed E-state index contributed by atoms with van der Waals surface area (Å²) in [5.74, 6) is -2.52. The average molecular weight is 336 g/mol. The molecule has 0 spiro atoms. The predicted octanol–water partition coefficient (Wildman–Crippen LogP) is 3.35. The van der Waals surface area contributed by atoms with E-state index in [-0.39, 0.29) is 5.56 Å². The van der Waals surface area contributed by atoms with Crippen molar-refractivity contribution in [3.05, 3.63) is 65.7 Å². The molecule has 0 radical (unpaired) electrons. The van der Waals surface area contributed by atoms with Crippen LogP contribution in [0, 0.1) is 6.92 Å². The van der Waals surface area contributed by atoms with Gasteiger partial charge in [0, 0.05) is 5.69 Å². The molecule has 0 aliphatic carbocycles. The van der Waals surface area contributed by atoms with Gasteiger partial charge in [-0.1, -0.05) is 48.0 Å². The number of aryl methyl sites for hydroxylation is 1. The van der Waals surface area contributed by atoms with Crippen LogP contribution >= 0.6 is 0 Å². The minimum absolute atomic E-state index is 0.151. The van der Waals surface area contributed by atoms with Crippen LogP contribution in [0.3, 0.4) is 0 Å². The van der Waals surface area contributed by atoms with Crippen LogP contribution in [0.15, 0.2) is 54.6 Å². The highest BCUT2D eigenvalue weighted by molar-refractivity contribution is 6.39. The van der Waals surface area contributed by atoms with E-state index in [0.29, 0.717) is 5.69 Å². The molecule has 0 heterocycles. The van der Waals surface area contributed by atoms with Gasteiger partial charge >= 0.3 is 18.0 Å². The number of hydrogen-bond acceptors (Lipinski definition) is 2. The molecule has 7 heteroatoms. The Hall–Kier alpha value is -2.83. The van der Waals surface area contributed by atoms with Crippen LogP contribution in [0.2, 0.25) is 0 Å². The van der Waals surface area contributed by atoms with Crippen molar-refractivity contribution in [2.45, 2.75) is 19.1 Å². The average Bonchev–Trinajstić information content (AvgIpc) is 2.54. The van der Waals surface area contributed by atoms with E-state index >= 15 is 0 Å². The zero-order valence-corrected chi connectivity index (χ0v) is 12.7. The summed E-state index contributed by atoms with van der Waals surface area (Å²) >= 11 is 0. The number of carbonyl (C=O) groups is 2. The van der Waals surface area contributed by atoms with E-state index in [1.54, 1.807) is 35.6 Å². The Bertz CT molecular complexity index is 713. The first-order chi connectivity index (χ1) is 11.3. The molecule has 0 fully saturated rings. The zero-order valence-electron chi connectivity index (χ0n) is 12.7. The van der Waals surface area contributed by atoms with Gasteiger partial charge in [0.1, 0.15) is 0 Å². The summed E-state index contributed by atoms with van der Waals surface area (Å²) in [6.07, 6.45) is -4.72. The van der Waals surface area contributed by atoms with Crippen molar-refractivity contribution in [3.63, 3.8) is 0 Å². The number of hydrogen-bond donors (Lipinski definition) is 2. The number of carbonyl (C=O) groups excluding carboxylic acids is 2. The fourth-order valence-corrected chi connectivity index (χ4v) is 2.02. The molecule has 2 aromatic carbocycles. The summed E-state index contributed by atoms with van der Waals surface area (Å²) in [5, 5.41) is 3.99. The third-order valence-electron chi connectivity index (χ3n) is 3.25. The van der Waals surface area contributed by atoms with Gasteiger partial charge in [-0.05, 0) is 24.6 Å². The molecule has 0 aliphatic heterocycles. The lowest BCUT2D eigenvalue weighted by molar-refractivity contribution is -0.164. The molecule has 24 heavy (non-hydrogen) atoms. The van der Waals surface area contributed by atoms with Crippen molar-refractivity contribution in [2.75, 3.05) is 5.32 Å². The number of nitrogens with one attached hydrogen (secondary N) is 2. The third-order valence-corrected chi connectivity index (χ3v) is 3.25. The molecule has 1 atom stereocenters. The molecule has 0 aliphatic rings. The Morgan fingerprint density at radius 1 is 0.917 bits per heavy atom. The Labute approximate surface area is 136 Å². The smallest absolute Gasteiger partial charge is 0.332 e. The Kier molecular flexibility index (Phi) is 5.23. The minimum atomic E-state index is -4.72. The maximum Gasteiger partial charge on any atom is 0.412 e. The highest BCUT2D eigenvalue weighted by atomic mass is 19.4. The van der Waals surface area contributed by atoms with Crippen LogP contribution < -0.4 is 10.6 Å². The van der Waals surface area contributed by atoms with E-state index in [1.165, 1.54) is 24.3 Å². The van der Waals surface area contributed by atoms with Gasteiger partial charge in [0.2, 0.25) is 0 Å². The van der Waals surface area contributed by atoms with Gasteiger partial charge in [0.15, 0.2) is 6.04 Å². The molecule has 126 valence electrons. The summed E-state index contributed by atoms with van der Waals surface area (Å²) in [5.41, 5.74) is 1.11. The molecule has 2 amide bonds. The molecular weight excluding hydrogens is 321 g/mol. The number of halogens is 3. The monoisotopic (exact) mass is 336 g/mol. The summed E-state index contributed by atoms with van der Waals surface area (Å²) in [4.78, 5) is 23.6. The molecule has 0 saturated carbocycles. The van der Waals surface area contributed by atoms with Gasteiger partial charge in [-0.2, -0.15) is 13.2 Å². The first-order valence-corrected chi connectivity index (χ1v) is 7.07. The molecular formula is C17H15F3N2O2. The first kappa shape index (κ1) is 17.5. The van der Waals surface area contributed by atoms with E-state index in [0.717, 1.165) is 5.56 Å². The van der Waals surface area contributed by atoms with Crippen molar-refractivity contribution in [3.8, 4) is 0 Å². The number of amides is 2. The molecule has 0 aromatic heterocycles. The SMILES string of the molecule is Cc1ccc(NC(=O)C(=O)NC(c2ccccc2)C(F)(F)F)cc1. The standard InChI is InChI=1S/C17H15F3N2O2/c1-11-7-9-13(10-8-11)21-15(23)16(24)22-14(17(18,19)20)12-5-3-2-4-6-12/h2-10,14H,1H3,(H,21,23)(H,22,24). The Morgan fingerprint density at radius 3 is 2.04 bits per heavy atom. The van der Waals surface area contributed by atoms with Crippen LogP contribution in [0.4, 0.5) is 18.9 Å². The molecule has 2 rings (SSSR count). The maximum atomic E-state index is 13.2. The van der Waals surface area contributed by atoms with Gasteiger partial charge in [0.05, 0.1) is 0 Å². The van der Waals surface area contributed by atoms with E-state index in [1.807, 2.05) is 6.92 Å². The molecule has 2 aromatic rings. The van der Waals surface area contributed by atoms with E-state index in [2.05, 4.69) is 5.32 Å². The largest absolute Gasteiger partial charge is 0.412 e. The van der Waals surface area contributed by atoms with Crippen molar-refractivity contribution >= 4 is 17.5 Å². The quantitative estimate of drug-likeness (QED) is 0.845. The van der Waals surface area contributed by atoms with Gasteiger partial charge in [-0.3, -0.25) is 9.59 Å². The molecule has 2 N–H and O–H groups in total. The lowest BCUT2D eigenvalue weighted by Crippen LogP contribution is -2.43. The Balaban J connectivity index is 2.10. The Morgan fingerprint density at radius 2 is 1.50 bits per heavy atom. The summed E-state index contributed by atoms with van der Waals surface area (Å²) in [7, 11) is 0. The normalized spacial score (nSPS) is 12.3. The van der Waals surface area contributed by atoms with E-state index in [9.17, 15) is 22.8 Å². The second-order valence-corrected chi connectivity index (χ2v) is 5.18. The van der Waals surface area contributed by atoms with E-state index in [4.69, 9.17) is 0 Å². The van der Waals surface area contributed by atoms with E-state index < -0.39 is 24.0 Å². The highest BCUT2D eigenvalue weighted by Gasteiger charge is 2.42. The predicted molar refractivity (Wildman–Crippen MR) is 83.2 cm³/mol. The van der Waals surface area contributed by atoms with Crippen molar-refractivity contribution in [1.82, 2.24) is 5.32 Å². The molecule has 4 nitrogen and oxygen atoms in total. The number of benzene rings is 2. The van der Waals surface area contributed by atoms with Gasteiger partial charge in [-0.15, -0.1) is 0 Å². The number of alkyl halides is 3. The fraction of sp³-hybridized carbons (Fsp3) is 0.176. The van der Waals surface area contributed by atoms with Crippen LogP contribution in [0.25, 0.3) is 0 Å². The van der Waals surface area contributed by atoms with Crippen LogP contribution in [-0.4, -0.2) is 18.0 Å². The van der Waals surface area contributed by atoms with Gasteiger partial charge < -0.3 is 10.6 Å². The van der Waals surface area contributed by atoms with Crippen LogP contribution in [-0.2, 0) is 9.59 Å². The lowest BCUT2D eigenvalue weighted by atomic mass is 10.1. The van der Waals surface area contributed by atoms with Crippen LogP contribution in [0.5, 0.6) is 0 Å². The van der Waals surface area contributed by atoms with Gasteiger partial charge in [-0.25, -0.2) is 0 Å². The first-order valence-electron chi connectivity index (χ1n) is 7.07. The zero-order chi connectivity index (χ0) is 17.7. The topological polar surface area (TPSA) is 58.2 Å². The molecule has 0 bridgehead atoms. The summed E-state index contributed by atoms with van der Waals surface area (Å²) in [6.45, 7) is 1.84. The molecule has 0 saturated heterocycles. The third kappa shape index (κ3) is 4.58. The minimum Gasteiger partial charge on any atom is -0.332 e. The number of anilines is 1. The summed E-state index contributed by atoms with van der Waals surface area (Å²) in [6, 6.07) is 11.1. The summed E-state index contributed by atoms with van der Waals surface area (Å²) < 4.78 is 39.5. The second-order valence-electron chi connectivity index (χ2n) is 5.18. The van der Waals surface area contributed by atoms with Crippen molar-refractivity contribution in [2.24, 2.45) is 0 Å². The van der Waals surface area contributed by atoms with Gasteiger partial charge in [0.25, 0.3) is 0 Å². The number of rotatable bonds is 3. The fourth-order valence-electron chi connectivity index (χ4n) is 2.02. The van der Waals surface area contributed by atoms with Crippen LogP contribution in [0.1, 0.15) is 17.2 Å².